The maximum absolute atomic E-state index is 12.6. The molecule has 3 rings (SSSR count). The minimum atomic E-state index is -0.741. The highest BCUT2D eigenvalue weighted by atomic mass is 16.5. The molecule has 122 valence electrons. The third kappa shape index (κ3) is 3.29. The molecule has 1 aliphatic rings. The summed E-state index contributed by atoms with van der Waals surface area (Å²) in [5.74, 6) is 0.599. The Morgan fingerprint density at radius 1 is 1.30 bits per heavy atom. The number of fused-ring (bicyclic) bond motifs is 1. The molecule has 0 saturated heterocycles. The molecule has 0 unspecified atom stereocenters. The van der Waals surface area contributed by atoms with Gasteiger partial charge in [0.2, 0.25) is 0 Å². The summed E-state index contributed by atoms with van der Waals surface area (Å²) in [4.78, 5) is 18.6. The second-order valence-electron chi connectivity index (χ2n) is 6.35. The van der Waals surface area contributed by atoms with Gasteiger partial charge in [0, 0.05) is 19.0 Å². The second-order valence-corrected chi connectivity index (χ2v) is 6.35. The van der Waals surface area contributed by atoms with Crippen molar-refractivity contribution >= 4 is 16.8 Å². The fourth-order valence-electron chi connectivity index (χ4n) is 3.25. The number of benzene rings is 1. The Kier molecular flexibility index (Phi) is 4.22. The number of likely N-dealkylation sites (N-methyl/N-ethyl adjacent to an activating group) is 1. The molecule has 0 atom stereocenters. The maximum atomic E-state index is 12.6. The number of nitrogens with zero attached hydrogens (tertiary/aromatic N) is 2. The summed E-state index contributed by atoms with van der Waals surface area (Å²) in [6, 6.07) is 9.15. The number of ether oxygens (including phenoxy) is 1. The van der Waals surface area contributed by atoms with Gasteiger partial charge in [-0.15, -0.1) is 0 Å². The highest BCUT2D eigenvalue weighted by molar-refractivity contribution is 5.95. The number of hydrogen-bond acceptors (Lipinski definition) is 4. The predicted molar refractivity (Wildman–Crippen MR) is 88.7 cm³/mol. The number of amides is 1. The van der Waals surface area contributed by atoms with Crippen LogP contribution in [-0.2, 0) is 0 Å². The van der Waals surface area contributed by atoms with Crippen molar-refractivity contribution in [3.63, 3.8) is 0 Å². The second kappa shape index (κ2) is 6.16. The van der Waals surface area contributed by atoms with E-state index in [9.17, 15) is 9.90 Å². The van der Waals surface area contributed by atoms with E-state index in [4.69, 9.17) is 4.74 Å². The zero-order valence-electron chi connectivity index (χ0n) is 13.6. The molecule has 5 nitrogen and oxygen atoms in total. The summed E-state index contributed by atoms with van der Waals surface area (Å²) < 4.78 is 5.19. The standard InChI is InChI=1S/C18H22N2O3/c1-20(12-18(22)9-3-4-10-18)17(21)16-7-5-13-11-14(23-2)6-8-15(13)19-16/h5-8,11,22H,3-4,9-10,12H2,1-2H3. The van der Waals surface area contributed by atoms with Gasteiger partial charge in [-0.1, -0.05) is 18.9 Å². The smallest absolute Gasteiger partial charge is 0.272 e. The summed E-state index contributed by atoms with van der Waals surface area (Å²) >= 11 is 0. The molecule has 1 amide bonds. The van der Waals surface area contributed by atoms with E-state index in [1.165, 1.54) is 0 Å². The molecule has 2 aromatic rings. The van der Waals surface area contributed by atoms with Gasteiger partial charge in [0.05, 0.1) is 18.2 Å². The Labute approximate surface area is 135 Å². The molecule has 0 aliphatic heterocycles. The van der Waals surface area contributed by atoms with Crippen LogP contribution in [0.4, 0.5) is 0 Å². The number of hydrogen-bond donors (Lipinski definition) is 1. The van der Waals surface area contributed by atoms with Crippen LogP contribution in [-0.4, -0.2) is 47.2 Å². The zero-order valence-corrected chi connectivity index (χ0v) is 13.6. The van der Waals surface area contributed by atoms with Crippen molar-refractivity contribution in [3.8, 4) is 5.75 Å². The topological polar surface area (TPSA) is 62.7 Å². The molecule has 0 radical (unpaired) electrons. The minimum Gasteiger partial charge on any atom is -0.497 e. The summed E-state index contributed by atoms with van der Waals surface area (Å²) in [5, 5.41) is 11.4. The molecule has 1 aromatic carbocycles. The average molecular weight is 314 g/mol. The van der Waals surface area contributed by atoms with Crippen LogP contribution in [0, 0.1) is 0 Å². The van der Waals surface area contributed by atoms with Gasteiger partial charge < -0.3 is 14.7 Å². The van der Waals surface area contributed by atoms with Crippen LogP contribution in [0.2, 0.25) is 0 Å². The van der Waals surface area contributed by atoms with E-state index in [2.05, 4.69) is 4.98 Å². The van der Waals surface area contributed by atoms with Gasteiger partial charge in [-0.25, -0.2) is 4.98 Å². The lowest BCUT2D eigenvalue weighted by atomic mass is 10.0. The van der Waals surface area contributed by atoms with Crippen molar-refractivity contribution in [1.29, 1.82) is 0 Å². The Morgan fingerprint density at radius 2 is 2.04 bits per heavy atom. The van der Waals surface area contributed by atoms with E-state index in [0.717, 1.165) is 42.3 Å². The number of aliphatic hydroxyl groups is 1. The molecule has 23 heavy (non-hydrogen) atoms. The molecular formula is C18H22N2O3. The first-order valence-corrected chi connectivity index (χ1v) is 7.93. The first kappa shape index (κ1) is 15.7. The molecule has 1 heterocycles. The highest BCUT2D eigenvalue weighted by Crippen LogP contribution is 2.30. The van der Waals surface area contributed by atoms with E-state index >= 15 is 0 Å². The Morgan fingerprint density at radius 3 is 2.74 bits per heavy atom. The van der Waals surface area contributed by atoms with Crippen molar-refractivity contribution in [2.75, 3.05) is 20.7 Å². The van der Waals surface area contributed by atoms with Crippen LogP contribution in [0.5, 0.6) is 5.75 Å². The Hall–Kier alpha value is -2.14. The SMILES string of the molecule is COc1ccc2nc(C(=O)N(C)CC3(O)CCCC3)ccc2c1. The molecule has 1 aliphatic carbocycles. The predicted octanol–water partition coefficient (Wildman–Crippen LogP) is 2.62. The maximum Gasteiger partial charge on any atom is 0.272 e. The van der Waals surface area contributed by atoms with Gasteiger partial charge in [-0.05, 0) is 37.1 Å². The van der Waals surface area contributed by atoms with Crippen molar-refractivity contribution in [2.24, 2.45) is 0 Å². The fraction of sp³-hybridized carbons (Fsp3) is 0.444. The van der Waals surface area contributed by atoms with Gasteiger partial charge in [0.25, 0.3) is 5.91 Å². The molecule has 5 heteroatoms. The van der Waals surface area contributed by atoms with Crippen molar-refractivity contribution in [3.05, 3.63) is 36.0 Å². The van der Waals surface area contributed by atoms with Gasteiger partial charge >= 0.3 is 0 Å². The summed E-state index contributed by atoms with van der Waals surface area (Å²) in [5.41, 5.74) is 0.408. The van der Waals surface area contributed by atoms with E-state index in [1.807, 2.05) is 24.3 Å². The lowest BCUT2D eigenvalue weighted by molar-refractivity contribution is 0.0155. The van der Waals surface area contributed by atoms with Crippen LogP contribution < -0.4 is 4.74 Å². The minimum absolute atomic E-state index is 0.164. The van der Waals surface area contributed by atoms with Crippen LogP contribution in [0.3, 0.4) is 0 Å². The van der Waals surface area contributed by atoms with E-state index in [0.29, 0.717) is 12.2 Å². The van der Waals surface area contributed by atoms with Gasteiger partial charge in [-0.3, -0.25) is 4.79 Å². The summed E-state index contributed by atoms with van der Waals surface area (Å²) in [6.07, 6.45) is 3.56. The largest absolute Gasteiger partial charge is 0.497 e. The van der Waals surface area contributed by atoms with E-state index in [-0.39, 0.29) is 5.91 Å². The first-order valence-electron chi connectivity index (χ1n) is 7.93. The summed E-state index contributed by atoms with van der Waals surface area (Å²) in [7, 11) is 3.34. The average Bonchev–Trinajstić information content (AvgIpc) is 2.99. The van der Waals surface area contributed by atoms with Crippen molar-refractivity contribution < 1.29 is 14.6 Å². The zero-order chi connectivity index (χ0) is 16.4. The number of methoxy groups -OCH3 is 1. The van der Waals surface area contributed by atoms with E-state index in [1.54, 1.807) is 25.1 Å². The summed E-state index contributed by atoms with van der Waals surface area (Å²) in [6.45, 7) is 0.355. The normalized spacial score (nSPS) is 16.5. The lowest BCUT2D eigenvalue weighted by Gasteiger charge is -2.28. The third-order valence-electron chi connectivity index (χ3n) is 4.53. The van der Waals surface area contributed by atoms with Crippen LogP contribution in [0.25, 0.3) is 10.9 Å². The Bertz CT molecular complexity index is 723. The fourth-order valence-corrected chi connectivity index (χ4v) is 3.25. The van der Waals surface area contributed by atoms with Crippen molar-refractivity contribution in [2.45, 2.75) is 31.3 Å². The van der Waals surface area contributed by atoms with Crippen molar-refractivity contribution in [1.82, 2.24) is 9.88 Å². The number of rotatable bonds is 4. The number of pyridine rings is 1. The van der Waals surface area contributed by atoms with Crippen LogP contribution in [0.1, 0.15) is 36.2 Å². The van der Waals surface area contributed by atoms with Gasteiger partial charge in [0.15, 0.2) is 0 Å². The Balaban J connectivity index is 1.80. The van der Waals surface area contributed by atoms with Gasteiger partial charge in [0.1, 0.15) is 11.4 Å². The first-order chi connectivity index (χ1) is 11.0. The molecule has 0 bridgehead atoms. The number of carbonyl (C=O) groups excluding carboxylic acids is 1. The molecule has 1 saturated carbocycles. The molecule has 0 spiro atoms. The lowest BCUT2D eigenvalue weighted by Crippen LogP contribution is -2.42. The number of carbonyl (C=O) groups is 1. The van der Waals surface area contributed by atoms with Crippen LogP contribution in [0.15, 0.2) is 30.3 Å². The van der Waals surface area contributed by atoms with Crippen LogP contribution >= 0.6 is 0 Å². The monoisotopic (exact) mass is 314 g/mol. The third-order valence-corrected chi connectivity index (χ3v) is 4.53. The van der Waals surface area contributed by atoms with Gasteiger partial charge in [-0.2, -0.15) is 0 Å². The molecular weight excluding hydrogens is 292 g/mol. The molecule has 1 fully saturated rings. The molecule has 1 N–H and O–H groups in total. The number of aromatic nitrogens is 1. The van der Waals surface area contributed by atoms with E-state index < -0.39 is 5.60 Å². The quantitative estimate of drug-likeness (QED) is 0.942. The molecule has 1 aromatic heterocycles. The highest BCUT2D eigenvalue weighted by Gasteiger charge is 2.33.